The number of anilines is 1. The number of hydrogen-bond acceptors (Lipinski definition) is 6. The van der Waals surface area contributed by atoms with Crippen molar-refractivity contribution in [1.29, 1.82) is 0 Å². The molecule has 2 heterocycles. The minimum atomic E-state index is -0.792. The van der Waals surface area contributed by atoms with Gasteiger partial charge < -0.3 is 20.4 Å². The summed E-state index contributed by atoms with van der Waals surface area (Å²) in [6.07, 6.45) is -0.460. The van der Waals surface area contributed by atoms with Gasteiger partial charge in [-0.1, -0.05) is 18.2 Å². The standard InChI is InChI=1S/C15H20N4O2/c20-10-11(21)9-14-12-3-1-2-4-13(12)17-15(18-14)19-7-5-16-6-8-19/h1-4,11,16,20-21H,5-10H2/t11-/m1/s1. The quantitative estimate of drug-likeness (QED) is 0.731. The molecule has 1 aliphatic rings. The van der Waals surface area contributed by atoms with Gasteiger partial charge in [-0.15, -0.1) is 0 Å². The lowest BCUT2D eigenvalue weighted by Gasteiger charge is -2.28. The number of fused-ring (bicyclic) bond motifs is 1. The van der Waals surface area contributed by atoms with E-state index in [2.05, 4.69) is 20.2 Å². The van der Waals surface area contributed by atoms with Gasteiger partial charge in [0.15, 0.2) is 0 Å². The Kier molecular flexibility index (Phi) is 4.28. The first-order chi connectivity index (χ1) is 10.3. The Morgan fingerprint density at radius 2 is 1.95 bits per heavy atom. The third-order valence-corrected chi connectivity index (χ3v) is 3.71. The van der Waals surface area contributed by atoms with Crippen molar-refractivity contribution in [3.8, 4) is 0 Å². The molecule has 1 aromatic carbocycles. The van der Waals surface area contributed by atoms with Gasteiger partial charge in [0.1, 0.15) is 0 Å². The Hall–Kier alpha value is -1.76. The SMILES string of the molecule is OC[C@H](O)Cc1nc(N2CCNCC2)nc2ccccc12. The molecule has 21 heavy (non-hydrogen) atoms. The van der Waals surface area contributed by atoms with Crippen LogP contribution in [0.5, 0.6) is 0 Å². The highest BCUT2D eigenvalue weighted by atomic mass is 16.3. The Morgan fingerprint density at radius 1 is 1.19 bits per heavy atom. The molecule has 0 spiro atoms. The molecular formula is C15H20N4O2. The maximum absolute atomic E-state index is 9.74. The van der Waals surface area contributed by atoms with Crippen molar-refractivity contribution in [2.45, 2.75) is 12.5 Å². The highest BCUT2D eigenvalue weighted by Crippen LogP contribution is 2.21. The highest BCUT2D eigenvalue weighted by molar-refractivity contribution is 5.82. The summed E-state index contributed by atoms with van der Waals surface area (Å²) in [5.74, 6) is 0.704. The van der Waals surface area contributed by atoms with Gasteiger partial charge in [-0.05, 0) is 6.07 Å². The Bertz CT molecular complexity index is 614. The van der Waals surface area contributed by atoms with Gasteiger partial charge in [0.05, 0.1) is 23.9 Å². The molecule has 0 bridgehead atoms. The molecule has 6 heteroatoms. The zero-order valence-electron chi connectivity index (χ0n) is 11.9. The molecule has 0 unspecified atom stereocenters. The molecule has 0 radical (unpaired) electrons. The van der Waals surface area contributed by atoms with Gasteiger partial charge in [-0.2, -0.15) is 0 Å². The molecule has 3 rings (SSSR count). The number of hydrogen-bond donors (Lipinski definition) is 3. The molecule has 1 aliphatic heterocycles. The Morgan fingerprint density at radius 3 is 2.71 bits per heavy atom. The van der Waals surface area contributed by atoms with Gasteiger partial charge in [-0.25, -0.2) is 9.97 Å². The van der Waals surface area contributed by atoms with E-state index in [1.54, 1.807) is 0 Å². The number of benzene rings is 1. The molecule has 0 aliphatic carbocycles. The lowest BCUT2D eigenvalue weighted by molar-refractivity contribution is 0.0950. The second kappa shape index (κ2) is 6.34. The first-order valence-electron chi connectivity index (χ1n) is 7.28. The summed E-state index contributed by atoms with van der Waals surface area (Å²) >= 11 is 0. The predicted molar refractivity (Wildman–Crippen MR) is 81.4 cm³/mol. The van der Waals surface area contributed by atoms with Crippen molar-refractivity contribution >= 4 is 16.9 Å². The van der Waals surface area contributed by atoms with Gasteiger partial charge >= 0.3 is 0 Å². The summed E-state index contributed by atoms with van der Waals surface area (Å²) < 4.78 is 0. The highest BCUT2D eigenvalue weighted by Gasteiger charge is 2.17. The molecule has 1 aromatic heterocycles. The second-order valence-corrected chi connectivity index (χ2v) is 5.27. The van der Waals surface area contributed by atoms with Crippen molar-refractivity contribution in [3.63, 3.8) is 0 Å². The average molecular weight is 288 g/mol. The zero-order valence-corrected chi connectivity index (χ0v) is 11.9. The van der Waals surface area contributed by atoms with E-state index in [0.717, 1.165) is 42.8 Å². The molecule has 0 saturated carbocycles. The summed E-state index contributed by atoms with van der Waals surface area (Å²) in [6, 6.07) is 7.79. The average Bonchev–Trinajstić information content (AvgIpc) is 2.55. The van der Waals surface area contributed by atoms with E-state index in [-0.39, 0.29) is 6.61 Å². The van der Waals surface area contributed by atoms with E-state index in [4.69, 9.17) is 5.11 Å². The summed E-state index contributed by atoms with van der Waals surface area (Å²) in [7, 11) is 0. The number of nitrogens with zero attached hydrogens (tertiary/aromatic N) is 3. The van der Waals surface area contributed by atoms with Crippen LogP contribution in [0.4, 0.5) is 5.95 Å². The fraction of sp³-hybridized carbons (Fsp3) is 0.467. The Balaban J connectivity index is 2.01. The molecule has 6 nitrogen and oxygen atoms in total. The number of aliphatic hydroxyl groups is 2. The van der Waals surface area contributed by atoms with E-state index >= 15 is 0 Å². The summed E-state index contributed by atoms with van der Waals surface area (Å²) in [5, 5.41) is 23.1. The van der Waals surface area contributed by atoms with Crippen molar-refractivity contribution < 1.29 is 10.2 Å². The van der Waals surface area contributed by atoms with Crippen LogP contribution in [0, 0.1) is 0 Å². The van der Waals surface area contributed by atoms with Crippen LogP contribution < -0.4 is 10.2 Å². The van der Waals surface area contributed by atoms with E-state index in [0.29, 0.717) is 12.4 Å². The first kappa shape index (κ1) is 14.2. The molecule has 1 saturated heterocycles. The lowest BCUT2D eigenvalue weighted by Crippen LogP contribution is -2.44. The van der Waals surface area contributed by atoms with Crippen LogP contribution in [-0.2, 0) is 6.42 Å². The largest absolute Gasteiger partial charge is 0.394 e. The molecule has 1 fully saturated rings. The van der Waals surface area contributed by atoms with Gasteiger partial charge in [0, 0.05) is 38.0 Å². The van der Waals surface area contributed by atoms with Gasteiger partial charge in [0.2, 0.25) is 5.95 Å². The third kappa shape index (κ3) is 3.12. The van der Waals surface area contributed by atoms with Crippen LogP contribution in [0.15, 0.2) is 24.3 Å². The minimum absolute atomic E-state index is 0.263. The number of nitrogens with one attached hydrogen (secondary N) is 1. The van der Waals surface area contributed by atoms with Crippen LogP contribution in [0.1, 0.15) is 5.69 Å². The smallest absolute Gasteiger partial charge is 0.226 e. The molecule has 3 N–H and O–H groups in total. The van der Waals surface area contributed by atoms with Gasteiger partial charge in [0.25, 0.3) is 0 Å². The van der Waals surface area contributed by atoms with Gasteiger partial charge in [-0.3, -0.25) is 0 Å². The molecule has 112 valence electrons. The normalized spacial score (nSPS) is 17.1. The second-order valence-electron chi connectivity index (χ2n) is 5.27. The maximum Gasteiger partial charge on any atom is 0.226 e. The fourth-order valence-corrected chi connectivity index (χ4v) is 2.58. The fourth-order valence-electron chi connectivity index (χ4n) is 2.58. The monoisotopic (exact) mass is 288 g/mol. The lowest BCUT2D eigenvalue weighted by atomic mass is 10.1. The van der Waals surface area contributed by atoms with E-state index < -0.39 is 6.10 Å². The van der Waals surface area contributed by atoms with E-state index in [1.165, 1.54) is 0 Å². The summed E-state index contributed by atoms with van der Waals surface area (Å²) in [6.45, 7) is 3.33. The maximum atomic E-state index is 9.74. The summed E-state index contributed by atoms with van der Waals surface area (Å²) in [5.41, 5.74) is 1.66. The van der Waals surface area contributed by atoms with Crippen LogP contribution >= 0.6 is 0 Å². The Labute approximate surface area is 123 Å². The zero-order chi connectivity index (χ0) is 14.7. The van der Waals surface area contributed by atoms with Crippen molar-refractivity contribution in [2.24, 2.45) is 0 Å². The van der Waals surface area contributed by atoms with Crippen LogP contribution in [0.25, 0.3) is 10.9 Å². The molecule has 0 amide bonds. The van der Waals surface area contributed by atoms with E-state index in [9.17, 15) is 5.11 Å². The number of aliphatic hydroxyl groups excluding tert-OH is 2. The first-order valence-corrected chi connectivity index (χ1v) is 7.28. The van der Waals surface area contributed by atoms with E-state index in [1.807, 2.05) is 24.3 Å². The number of para-hydroxylation sites is 1. The van der Waals surface area contributed by atoms with Crippen molar-refractivity contribution in [3.05, 3.63) is 30.0 Å². The topological polar surface area (TPSA) is 81.5 Å². The third-order valence-electron chi connectivity index (χ3n) is 3.71. The summed E-state index contributed by atoms with van der Waals surface area (Å²) in [4.78, 5) is 11.4. The number of piperazine rings is 1. The predicted octanol–water partition coefficient (Wildman–Crippen LogP) is -0.0649. The van der Waals surface area contributed by atoms with Crippen LogP contribution in [-0.4, -0.2) is 59.1 Å². The molecule has 1 atom stereocenters. The molecular weight excluding hydrogens is 268 g/mol. The van der Waals surface area contributed by atoms with Crippen molar-refractivity contribution in [1.82, 2.24) is 15.3 Å². The van der Waals surface area contributed by atoms with Crippen LogP contribution in [0.3, 0.4) is 0 Å². The minimum Gasteiger partial charge on any atom is -0.394 e. The number of aromatic nitrogens is 2. The number of rotatable bonds is 4. The van der Waals surface area contributed by atoms with Crippen molar-refractivity contribution in [2.75, 3.05) is 37.7 Å². The molecule has 2 aromatic rings. The van der Waals surface area contributed by atoms with Crippen LogP contribution in [0.2, 0.25) is 0 Å².